The van der Waals surface area contributed by atoms with Gasteiger partial charge in [0.2, 0.25) is 0 Å². The standard InChI is InChI=1S/C16H15ClN2OS/c17-10-5-6-11(13(18)9-10)16(20)19-14-7-8-21-15-4-2-1-3-12(14)15/h1-6,9,14H,7-8,18H2,(H,19,20). The summed E-state index contributed by atoms with van der Waals surface area (Å²) in [5, 5.41) is 3.61. The number of hydrogen-bond donors (Lipinski definition) is 2. The zero-order valence-corrected chi connectivity index (χ0v) is 12.9. The van der Waals surface area contributed by atoms with Gasteiger partial charge in [-0.25, -0.2) is 0 Å². The SMILES string of the molecule is Nc1cc(Cl)ccc1C(=O)NC1CCSc2ccccc21. The molecule has 3 rings (SSSR count). The van der Waals surface area contributed by atoms with E-state index in [-0.39, 0.29) is 11.9 Å². The number of carbonyl (C=O) groups excluding carboxylic acids is 1. The highest BCUT2D eigenvalue weighted by Gasteiger charge is 2.23. The van der Waals surface area contributed by atoms with Crippen LogP contribution in [0, 0.1) is 0 Å². The van der Waals surface area contributed by atoms with Gasteiger partial charge in [-0.05, 0) is 36.2 Å². The van der Waals surface area contributed by atoms with Crippen molar-refractivity contribution in [3.05, 3.63) is 58.6 Å². The van der Waals surface area contributed by atoms with E-state index in [1.54, 1.807) is 18.2 Å². The van der Waals surface area contributed by atoms with Crippen LogP contribution in [-0.2, 0) is 0 Å². The first kappa shape index (κ1) is 14.3. The Balaban J connectivity index is 1.83. The van der Waals surface area contributed by atoms with E-state index in [1.165, 1.54) is 10.5 Å². The molecule has 0 spiro atoms. The number of benzene rings is 2. The second-order valence-corrected chi connectivity index (χ2v) is 6.51. The minimum absolute atomic E-state index is 0.0324. The highest BCUT2D eigenvalue weighted by molar-refractivity contribution is 7.99. The van der Waals surface area contributed by atoms with Crippen LogP contribution in [0.4, 0.5) is 5.69 Å². The molecule has 1 aliphatic rings. The van der Waals surface area contributed by atoms with Crippen molar-refractivity contribution in [1.29, 1.82) is 0 Å². The molecule has 0 aliphatic carbocycles. The summed E-state index contributed by atoms with van der Waals surface area (Å²) in [6.45, 7) is 0. The van der Waals surface area contributed by atoms with Crippen LogP contribution in [0.3, 0.4) is 0 Å². The van der Waals surface area contributed by atoms with Crippen LogP contribution in [0.5, 0.6) is 0 Å². The van der Waals surface area contributed by atoms with Gasteiger partial charge in [-0.15, -0.1) is 11.8 Å². The van der Waals surface area contributed by atoms with Gasteiger partial charge in [-0.2, -0.15) is 0 Å². The molecule has 1 heterocycles. The Labute approximate surface area is 132 Å². The fourth-order valence-corrected chi connectivity index (χ4v) is 3.77. The summed E-state index contributed by atoms with van der Waals surface area (Å²) in [6, 6.07) is 13.2. The van der Waals surface area contributed by atoms with E-state index in [9.17, 15) is 4.79 Å². The molecule has 0 radical (unpaired) electrons. The Kier molecular flexibility index (Phi) is 4.08. The van der Waals surface area contributed by atoms with Crippen molar-refractivity contribution < 1.29 is 4.79 Å². The van der Waals surface area contributed by atoms with Crippen molar-refractivity contribution in [3.63, 3.8) is 0 Å². The molecule has 0 aromatic heterocycles. The van der Waals surface area contributed by atoms with E-state index in [0.29, 0.717) is 16.3 Å². The number of halogens is 1. The summed E-state index contributed by atoms with van der Waals surface area (Å²) in [4.78, 5) is 13.6. The first-order chi connectivity index (χ1) is 10.1. The lowest BCUT2D eigenvalue weighted by Gasteiger charge is -2.26. The van der Waals surface area contributed by atoms with Crippen LogP contribution in [0.2, 0.25) is 5.02 Å². The number of thioether (sulfide) groups is 1. The molecule has 21 heavy (non-hydrogen) atoms. The van der Waals surface area contributed by atoms with Crippen LogP contribution >= 0.6 is 23.4 Å². The lowest BCUT2D eigenvalue weighted by Crippen LogP contribution is -2.31. The molecule has 2 aromatic rings. The van der Waals surface area contributed by atoms with Crippen LogP contribution in [0.15, 0.2) is 47.4 Å². The minimum Gasteiger partial charge on any atom is -0.398 e. The van der Waals surface area contributed by atoms with Gasteiger partial charge in [0.1, 0.15) is 0 Å². The van der Waals surface area contributed by atoms with Crippen molar-refractivity contribution in [1.82, 2.24) is 5.32 Å². The van der Waals surface area contributed by atoms with Gasteiger partial charge < -0.3 is 11.1 Å². The first-order valence-electron chi connectivity index (χ1n) is 6.73. The molecule has 1 unspecified atom stereocenters. The Morgan fingerprint density at radius 2 is 2.10 bits per heavy atom. The highest BCUT2D eigenvalue weighted by Crippen LogP contribution is 2.36. The number of nitrogen functional groups attached to an aromatic ring is 1. The van der Waals surface area contributed by atoms with Gasteiger partial charge in [-0.3, -0.25) is 4.79 Å². The van der Waals surface area contributed by atoms with Gasteiger partial charge >= 0.3 is 0 Å². The average molecular weight is 319 g/mol. The minimum atomic E-state index is -0.157. The molecule has 1 aliphatic heterocycles. The second-order valence-electron chi connectivity index (χ2n) is 4.93. The molecule has 0 saturated carbocycles. The number of nitrogens with one attached hydrogen (secondary N) is 1. The second kappa shape index (κ2) is 6.00. The van der Waals surface area contributed by atoms with Gasteiger partial charge in [0.25, 0.3) is 5.91 Å². The predicted octanol–water partition coefficient (Wildman–Crippen LogP) is 3.89. The van der Waals surface area contributed by atoms with Crippen LogP contribution in [0.1, 0.15) is 28.4 Å². The molecular formula is C16H15ClN2OS. The summed E-state index contributed by atoms with van der Waals surface area (Å²) in [5.74, 6) is 0.841. The quantitative estimate of drug-likeness (QED) is 0.826. The Morgan fingerprint density at radius 3 is 2.90 bits per heavy atom. The van der Waals surface area contributed by atoms with Crippen molar-refractivity contribution >= 4 is 35.0 Å². The molecule has 1 amide bonds. The number of fused-ring (bicyclic) bond motifs is 1. The molecule has 5 heteroatoms. The third-order valence-corrected chi connectivity index (χ3v) is 4.88. The summed E-state index contributed by atoms with van der Waals surface area (Å²) < 4.78 is 0. The van der Waals surface area contributed by atoms with Gasteiger partial charge in [0.15, 0.2) is 0 Å². The normalized spacial score (nSPS) is 17.1. The zero-order valence-electron chi connectivity index (χ0n) is 11.3. The van der Waals surface area contributed by atoms with Crippen molar-refractivity contribution in [3.8, 4) is 0 Å². The summed E-state index contributed by atoms with van der Waals surface area (Å²) in [6.07, 6.45) is 0.918. The van der Waals surface area contributed by atoms with Gasteiger partial charge in [0, 0.05) is 21.4 Å². The van der Waals surface area contributed by atoms with Crippen LogP contribution in [-0.4, -0.2) is 11.7 Å². The van der Waals surface area contributed by atoms with Crippen molar-refractivity contribution in [2.24, 2.45) is 0 Å². The maximum absolute atomic E-state index is 12.4. The Morgan fingerprint density at radius 1 is 1.29 bits per heavy atom. The molecule has 0 bridgehead atoms. The monoisotopic (exact) mass is 318 g/mol. The van der Waals surface area contributed by atoms with Crippen LogP contribution in [0.25, 0.3) is 0 Å². The van der Waals surface area contributed by atoms with E-state index in [0.717, 1.165) is 12.2 Å². The molecule has 3 nitrogen and oxygen atoms in total. The molecule has 2 aromatic carbocycles. The topological polar surface area (TPSA) is 55.1 Å². The van der Waals surface area contributed by atoms with E-state index in [1.807, 2.05) is 23.9 Å². The lowest BCUT2D eigenvalue weighted by molar-refractivity contribution is 0.0936. The number of amides is 1. The Hall–Kier alpha value is -1.65. The molecule has 108 valence electrons. The number of hydrogen-bond acceptors (Lipinski definition) is 3. The predicted molar refractivity (Wildman–Crippen MR) is 87.9 cm³/mol. The van der Waals surface area contributed by atoms with Crippen molar-refractivity contribution in [2.75, 3.05) is 11.5 Å². The molecule has 1 atom stereocenters. The highest BCUT2D eigenvalue weighted by atomic mass is 35.5. The van der Waals surface area contributed by atoms with E-state index in [2.05, 4.69) is 17.4 Å². The molecular weight excluding hydrogens is 304 g/mol. The van der Waals surface area contributed by atoms with E-state index in [4.69, 9.17) is 17.3 Å². The fourth-order valence-electron chi connectivity index (χ4n) is 2.47. The van der Waals surface area contributed by atoms with Gasteiger partial charge in [0.05, 0.1) is 11.6 Å². The maximum Gasteiger partial charge on any atom is 0.253 e. The van der Waals surface area contributed by atoms with E-state index < -0.39 is 0 Å². The average Bonchev–Trinajstić information content (AvgIpc) is 2.47. The maximum atomic E-state index is 12.4. The first-order valence-corrected chi connectivity index (χ1v) is 8.09. The lowest BCUT2D eigenvalue weighted by atomic mass is 10.0. The molecule has 0 saturated heterocycles. The Bertz CT molecular complexity index is 690. The summed E-state index contributed by atoms with van der Waals surface area (Å²) >= 11 is 7.69. The summed E-state index contributed by atoms with van der Waals surface area (Å²) in [7, 11) is 0. The molecule has 3 N–H and O–H groups in total. The third-order valence-electron chi connectivity index (χ3n) is 3.52. The third kappa shape index (κ3) is 3.01. The largest absolute Gasteiger partial charge is 0.398 e. The summed E-state index contributed by atoms with van der Waals surface area (Å²) in [5.41, 5.74) is 7.92. The van der Waals surface area contributed by atoms with E-state index >= 15 is 0 Å². The number of rotatable bonds is 2. The number of nitrogens with two attached hydrogens (primary N) is 1. The van der Waals surface area contributed by atoms with Gasteiger partial charge in [-0.1, -0.05) is 29.8 Å². The van der Waals surface area contributed by atoms with Crippen LogP contribution < -0.4 is 11.1 Å². The van der Waals surface area contributed by atoms with Crippen molar-refractivity contribution in [2.45, 2.75) is 17.4 Å². The zero-order chi connectivity index (χ0) is 14.8. The molecule has 0 fully saturated rings. The number of carbonyl (C=O) groups is 1. The number of anilines is 1. The smallest absolute Gasteiger partial charge is 0.253 e. The fraction of sp³-hybridized carbons (Fsp3) is 0.188.